The molecule has 0 radical (unpaired) electrons. The van der Waals surface area contributed by atoms with Gasteiger partial charge < -0.3 is 4.74 Å². The molecule has 4 heteroatoms. The Labute approximate surface area is 114 Å². The zero-order valence-electron chi connectivity index (χ0n) is 11.9. The van der Waals surface area contributed by atoms with Gasteiger partial charge in [0, 0.05) is 6.61 Å². The van der Waals surface area contributed by atoms with Crippen molar-refractivity contribution in [1.29, 1.82) is 0 Å². The molecule has 0 spiro atoms. The lowest BCUT2D eigenvalue weighted by Crippen LogP contribution is -2.11. The van der Waals surface area contributed by atoms with Crippen molar-refractivity contribution in [2.24, 2.45) is 0 Å². The summed E-state index contributed by atoms with van der Waals surface area (Å²) < 4.78 is 5.28. The standard InChI is InChI=1S/C15H22O4/c1-4-5-8-17-9-10-18-19-15(16)14-7-6-12(2)13(3)11-14/h6-7,11H,4-5,8-10H2,1-3H3. The van der Waals surface area contributed by atoms with E-state index in [1.807, 2.05) is 19.9 Å². The van der Waals surface area contributed by atoms with Crippen LogP contribution in [0.2, 0.25) is 0 Å². The third-order valence-corrected chi connectivity index (χ3v) is 2.83. The zero-order chi connectivity index (χ0) is 14.1. The first kappa shape index (κ1) is 15.7. The maximum absolute atomic E-state index is 11.7. The van der Waals surface area contributed by atoms with Gasteiger partial charge in [-0.15, -0.1) is 0 Å². The monoisotopic (exact) mass is 266 g/mol. The second kappa shape index (κ2) is 8.67. The smallest absolute Gasteiger partial charge is 0.373 e. The summed E-state index contributed by atoms with van der Waals surface area (Å²) in [6.07, 6.45) is 2.13. The van der Waals surface area contributed by atoms with Gasteiger partial charge in [-0.25, -0.2) is 4.79 Å². The van der Waals surface area contributed by atoms with Crippen LogP contribution in [0.25, 0.3) is 0 Å². The van der Waals surface area contributed by atoms with E-state index in [-0.39, 0.29) is 6.61 Å². The summed E-state index contributed by atoms with van der Waals surface area (Å²) in [5.74, 6) is -0.475. The van der Waals surface area contributed by atoms with E-state index in [0.717, 1.165) is 24.0 Å². The predicted molar refractivity (Wildman–Crippen MR) is 73.0 cm³/mol. The molecule has 19 heavy (non-hydrogen) atoms. The van der Waals surface area contributed by atoms with E-state index in [0.29, 0.717) is 18.8 Å². The van der Waals surface area contributed by atoms with Gasteiger partial charge in [0.05, 0.1) is 12.2 Å². The Bertz CT molecular complexity index is 401. The molecule has 0 saturated carbocycles. The van der Waals surface area contributed by atoms with Crippen LogP contribution in [0.15, 0.2) is 18.2 Å². The van der Waals surface area contributed by atoms with Gasteiger partial charge in [-0.3, -0.25) is 4.89 Å². The minimum absolute atomic E-state index is 0.250. The number of unbranched alkanes of at least 4 members (excludes halogenated alkanes) is 1. The quantitative estimate of drug-likeness (QED) is 0.412. The van der Waals surface area contributed by atoms with E-state index in [1.54, 1.807) is 12.1 Å². The highest BCUT2D eigenvalue weighted by Gasteiger charge is 2.09. The van der Waals surface area contributed by atoms with Gasteiger partial charge in [0.25, 0.3) is 0 Å². The Balaban J connectivity index is 2.22. The van der Waals surface area contributed by atoms with Crippen LogP contribution in [0.1, 0.15) is 41.3 Å². The number of ether oxygens (including phenoxy) is 1. The molecule has 106 valence electrons. The second-order valence-electron chi connectivity index (χ2n) is 4.46. The van der Waals surface area contributed by atoms with Crippen molar-refractivity contribution in [3.8, 4) is 0 Å². The molecule has 0 bridgehead atoms. The average Bonchev–Trinajstić information content (AvgIpc) is 2.40. The molecule has 0 aromatic heterocycles. The van der Waals surface area contributed by atoms with Crippen molar-refractivity contribution < 1.29 is 19.3 Å². The predicted octanol–water partition coefficient (Wildman–Crippen LogP) is 3.21. The van der Waals surface area contributed by atoms with E-state index in [4.69, 9.17) is 14.5 Å². The summed E-state index contributed by atoms with van der Waals surface area (Å²) in [5, 5.41) is 0. The molecule has 1 aromatic carbocycles. The van der Waals surface area contributed by atoms with Gasteiger partial charge in [-0.05, 0) is 43.5 Å². The lowest BCUT2D eigenvalue weighted by Gasteiger charge is -2.06. The first-order valence-electron chi connectivity index (χ1n) is 6.64. The van der Waals surface area contributed by atoms with Crippen LogP contribution in [0, 0.1) is 13.8 Å². The normalized spacial score (nSPS) is 10.5. The van der Waals surface area contributed by atoms with Gasteiger partial charge in [-0.2, -0.15) is 4.89 Å². The number of carbonyl (C=O) groups excluding carboxylic acids is 1. The van der Waals surface area contributed by atoms with Gasteiger partial charge in [-0.1, -0.05) is 19.4 Å². The van der Waals surface area contributed by atoms with Crippen LogP contribution in [-0.4, -0.2) is 25.8 Å². The van der Waals surface area contributed by atoms with Crippen LogP contribution in [0.4, 0.5) is 0 Å². The van der Waals surface area contributed by atoms with Crippen LogP contribution >= 0.6 is 0 Å². The Morgan fingerprint density at radius 2 is 1.89 bits per heavy atom. The van der Waals surface area contributed by atoms with Crippen molar-refractivity contribution in [3.63, 3.8) is 0 Å². The van der Waals surface area contributed by atoms with Gasteiger partial charge in [0.1, 0.15) is 6.61 Å². The summed E-state index contributed by atoms with van der Waals surface area (Å²) in [5.41, 5.74) is 2.69. The third-order valence-electron chi connectivity index (χ3n) is 2.83. The minimum atomic E-state index is -0.475. The van der Waals surface area contributed by atoms with Crippen molar-refractivity contribution in [3.05, 3.63) is 34.9 Å². The van der Waals surface area contributed by atoms with Crippen molar-refractivity contribution in [2.75, 3.05) is 19.8 Å². The van der Waals surface area contributed by atoms with E-state index >= 15 is 0 Å². The molecule has 0 unspecified atom stereocenters. The van der Waals surface area contributed by atoms with Crippen LogP contribution in [-0.2, 0) is 14.5 Å². The summed E-state index contributed by atoms with van der Waals surface area (Å²) in [6.45, 7) is 7.44. The maximum Gasteiger partial charge on any atom is 0.373 e. The summed E-state index contributed by atoms with van der Waals surface area (Å²) in [6, 6.07) is 5.41. The molecule has 0 atom stereocenters. The number of hydrogen-bond acceptors (Lipinski definition) is 4. The number of aryl methyl sites for hydroxylation is 2. The van der Waals surface area contributed by atoms with Crippen LogP contribution in [0.3, 0.4) is 0 Å². The number of carbonyl (C=O) groups is 1. The third kappa shape index (κ3) is 5.85. The minimum Gasteiger partial charge on any atom is -0.379 e. The fourth-order valence-corrected chi connectivity index (χ4v) is 1.45. The molecular formula is C15H22O4. The molecule has 0 heterocycles. The molecule has 0 aliphatic heterocycles. The highest BCUT2D eigenvalue weighted by molar-refractivity contribution is 5.89. The van der Waals surface area contributed by atoms with Gasteiger partial charge in [0.15, 0.2) is 0 Å². The fourth-order valence-electron chi connectivity index (χ4n) is 1.45. The lowest BCUT2D eigenvalue weighted by atomic mass is 10.1. The SMILES string of the molecule is CCCCOCCOOC(=O)c1ccc(C)c(C)c1. The van der Waals surface area contributed by atoms with E-state index in [9.17, 15) is 4.79 Å². The second-order valence-corrected chi connectivity index (χ2v) is 4.46. The molecule has 1 aromatic rings. The summed E-state index contributed by atoms with van der Waals surface area (Å²) >= 11 is 0. The molecule has 0 amide bonds. The van der Waals surface area contributed by atoms with Crippen LogP contribution in [0.5, 0.6) is 0 Å². The zero-order valence-corrected chi connectivity index (χ0v) is 11.9. The Kier molecular flexibility index (Phi) is 7.15. The molecule has 0 saturated heterocycles. The van der Waals surface area contributed by atoms with E-state index < -0.39 is 5.97 Å². The Hall–Kier alpha value is -1.39. The molecule has 4 nitrogen and oxygen atoms in total. The Morgan fingerprint density at radius 1 is 1.11 bits per heavy atom. The first-order valence-corrected chi connectivity index (χ1v) is 6.64. The highest BCUT2D eigenvalue weighted by Crippen LogP contribution is 2.10. The van der Waals surface area contributed by atoms with Crippen LogP contribution < -0.4 is 0 Å². The number of benzene rings is 1. The first-order chi connectivity index (χ1) is 9.15. The van der Waals surface area contributed by atoms with Crippen molar-refractivity contribution in [1.82, 2.24) is 0 Å². The molecule has 0 fully saturated rings. The maximum atomic E-state index is 11.7. The molecular weight excluding hydrogens is 244 g/mol. The fraction of sp³-hybridized carbons (Fsp3) is 0.533. The van der Waals surface area contributed by atoms with Gasteiger partial charge >= 0.3 is 5.97 Å². The summed E-state index contributed by atoms with van der Waals surface area (Å²) in [4.78, 5) is 21.2. The van der Waals surface area contributed by atoms with Crippen molar-refractivity contribution in [2.45, 2.75) is 33.6 Å². The van der Waals surface area contributed by atoms with E-state index in [2.05, 4.69) is 6.92 Å². The van der Waals surface area contributed by atoms with Crippen molar-refractivity contribution >= 4 is 5.97 Å². The largest absolute Gasteiger partial charge is 0.379 e. The molecule has 0 N–H and O–H groups in total. The average molecular weight is 266 g/mol. The number of rotatable bonds is 8. The molecule has 0 aliphatic carbocycles. The highest BCUT2D eigenvalue weighted by atomic mass is 17.2. The topological polar surface area (TPSA) is 44.8 Å². The lowest BCUT2D eigenvalue weighted by molar-refractivity contribution is -0.247. The number of hydrogen-bond donors (Lipinski definition) is 0. The Morgan fingerprint density at radius 3 is 2.58 bits per heavy atom. The molecule has 0 aliphatic rings. The molecule has 1 rings (SSSR count). The summed E-state index contributed by atoms with van der Waals surface area (Å²) in [7, 11) is 0. The van der Waals surface area contributed by atoms with E-state index in [1.165, 1.54) is 0 Å². The van der Waals surface area contributed by atoms with Gasteiger partial charge in [0.2, 0.25) is 0 Å².